The van der Waals surface area contributed by atoms with Gasteiger partial charge in [0.25, 0.3) is 5.91 Å². The largest absolute Gasteiger partial charge is 0.416 e. The van der Waals surface area contributed by atoms with Crippen molar-refractivity contribution in [1.82, 2.24) is 15.5 Å². The number of rotatable bonds is 9. The Morgan fingerprint density at radius 1 is 0.906 bits per heavy atom. The molecule has 32 heavy (non-hydrogen) atoms. The summed E-state index contributed by atoms with van der Waals surface area (Å²) in [5.41, 5.74) is 4.47. The number of hydrogen-bond donors (Lipinski definition) is 1. The molecule has 3 aromatic carbocycles. The van der Waals surface area contributed by atoms with Gasteiger partial charge in [0.1, 0.15) is 0 Å². The molecule has 0 bridgehead atoms. The number of benzene rings is 3. The average Bonchev–Trinajstić information content (AvgIpc) is 3.32. The predicted molar refractivity (Wildman–Crippen MR) is 123 cm³/mol. The molecule has 1 heterocycles. The van der Waals surface area contributed by atoms with Gasteiger partial charge >= 0.3 is 0 Å². The highest BCUT2D eigenvalue weighted by atomic mass is 16.5. The molecule has 0 aliphatic heterocycles. The number of aryl methyl sites for hydroxylation is 1. The normalized spacial score (nSPS) is 10.8. The van der Waals surface area contributed by atoms with Crippen molar-refractivity contribution in [2.75, 3.05) is 13.2 Å². The van der Waals surface area contributed by atoms with E-state index in [2.05, 4.69) is 15.5 Å². The SMILES string of the molecule is Cc1ccccc1-c1nnc(-c2ccc(C(=O)NCCCOCc3ccccc3)cc2)o1. The molecule has 4 aromatic rings. The number of ether oxygens (including phenoxy) is 1. The molecule has 0 atom stereocenters. The summed E-state index contributed by atoms with van der Waals surface area (Å²) in [6.07, 6.45) is 0.750. The van der Waals surface area contributed by atoms with Crippen LogP contribution in [0.15, 0.2) is 83.3 Å². The van der Waals surface area contributed by atoms with Crippen molar-refractivity contribution in [2.45, 2.75) is 20.0 Å². The van der Waals surface area contributed by atoms with Crippen LogP contribution in [0, 0.1) is 6.92 Å². The van der Waals surface area contributed by atoms with Crippen LogP contribution >= 0.6 is 0 Å². The van der Waals surface area contributed by atoms with Gasteiger partial charge in [-0.05, 0) is 54.8 Å². The van der Waals surface area contributed by atoms with Crippen LogP contribution in [-0.2, 0) is 11.3 Å². The zero-order valence-electron chi connectivity index (χ0n) is 18.0. The van der Waals surface area contributed by atoms with Gasteiger partial charge in [0.2, 0.25) is 11.8 Å². The number of nitrogens with zero attached hydrogens (tertiary/aromatic N) is 2. The first kappa shape index (κ1) is 21.5. The van der Waals surface area contributed by atoms with E-state index in [-0.39, 0.29) is 5.91 Å². The van der Waals surface area contributed by atoms with Gasteiger partial charge in [-0.25, -0.2) is 0 Å². The van der Waals surface area contributed by atoms with Gasteiger partial charge in [-0.15, -0.1) is 10.2 Å². The number of hydrogen-bond acceptors (Lipinski definition) is 5. The van der Waals surface area contributed by atoms with Gasteiger partial charge in [-0.3, -0.25) is 4.79 Å². The van der Waals surface area contributed by atoms with Crippen molar-refractivity contribution in [1.29, 1.82) is 0 Å². The average molecular weight is 428 g/mol. The van der Waals surface area contributed by atoms with Crippen LogP contribution in [-0.4, -0.2) is 29.3 Å². The Morgan fingerprint density at radius 2 is 1.62 bits per heavy atom. The van der Waals surface area contributed by atoms with E-state index in [4.69, 9.17) is 9.15 Å². The summed E-state index contributed by atoms with van der Waals surface area (Å²) in [5, 5.41) is 11.2. The van der Waals surface area contributed by atoms with E-state index in [9.17, 15) is 4.79 Å². The van der Waals surface area contributed by atoms with Crippen LogP contribution in [0.25, 0.3) is 22.9 Å². The minimum Gasteiger partial charge on any atom is -0.416 e. The standard InChI is InChI=1S/C26H25N3O3/c1-19-8-5-6-11-23(19)26-29-28-25(32-26)22-14-12-21(13-15-22)24(30)27-16-7-17-31-18-20-9-3-2-4-10-20/h2-6,8-15H,7,16-18H2,1H3,(H,27,30). The molecule has 0 fully saturated rings. The summed E-state index contributed by atoms with van der Waals surface area (Å²) >= 11 is 0. The van der Waals surface area contributed by atoms with Crippen molar-refractivity contribution in [3.63, 3.8) is 0 Å². The molecule has 0 aliphatic carbocycles. The third-order valence-corrected chi connectivity index (χ3v) is 5.06. The lowest BCUT2D eigenvalue weighted by Crippen LogP contribution is -2.25. The molecule has 0 saturated carbocycles. The van der Waals surface area contributed by atoms with Gasteiger partial charge in [-0.1, -0.05) is 48.5 Å². The minimum atomic E-state index is -0.120. The first-order valence-electron chi connectivity index (χ1n) is 10.6. The van der Waals surface area contributed by atoms with E-state index >= 15 is 0 Å². The Labute approximate surface area is 187 Å². The predicted octanol–water partition coefficient (Wildman–Crippen LogP) is 5.05. The second kappa shape index (κ2) is 10.5. The maximum Gasteiger partial charge on any atom is 0.251 e. The molecule has 0 radical (unpaired) electrons. The highest BCUT2D eigenvalue weighted by Gasteiger charge is 2.13. The van der Waals surface area contributed by atoms with Crippen molar-refractivity contribution in [3.8, 4) is 22.9 Å². The second-order valence-electron chi connectivity index (χ2n) is 7.45. The Morgan fingerprint density at radius 3 is 2.41 bits per heavy atom. The maximum atomic E-state index is 12.4. The fraction of sp³-hybridized carbons (Fsp3) is 0.192. The number of carbonyl (C=O) groups is 1. The fourth-order valence-electron chi connectivity index (χ4n) is 3.27. The third-order valence-electron chi connectivity index (χ3n) is 5.06. The van der Waals surface area contributed by atoms with Crippen molar-refractivity contribution >= 4 is 5.91 Å². The van der Waals surface area contributed by atoms with E-state index in [1.807, 2.05) is 73.7 Å². The molecule has 6 nitrogen and oxygen atoms in total. The van der Waals surface area contributed by atoms with Crippen molar-refractivity contribution in [3.05, 3.63) is 95.6 Å². The molecule has 1 N–H and O–H groups in total. The van der Waals surface area contributed by atoms with Gasteiger partial charge in [0, 0.05) is 29.8 Å². The fourth-order valence-corrected chi connectivity index (χ4v) is 3.27. The quantitative estimate of drug-likeness (QED) is 0.378. The summed E-state index contributed by atoms with van der Waals surface area (Å²) in [4.78, 5) is 12.4. The summed E-state index contributed by atoms with van der Waals surface area (Å²) in [6.45, 7) is 3.73. The minimum absolute atomic E-state index is 0.120. The molecule has 1 amide bonds. The molecule has 1 aromatic heterocycles. The van der Waals surface area contributed by atoms with E-state index in [0.29, 0.717) is 37.1 Å². The zero-order valence-corrected chi connectivity index (χ0v) is 18.0. The van der Waals surface area contributed by atoms with Crippen LogP contribution in [0.3, 0.4) is 0 Å². The topological polar surface area (TPSA) is 77.2 Å². The van der Waals surface area contributed by atoms with E-state index < -0.39 is 0 Å². The lowest BCUT2D eigenvalue weighted by molar-refractivity contribution is 0.0934. The summed E-state index contributed by atoms with van der Waals surface area (Å²) in [7, 11) is 0. The Kier molecular flexibility index (Phi) is 7.05. The summed E-state index contributed by atoms with van der Waals surface area (Å²) in [6, 6.07) is 25.0. The molecule has 0 unspecified atom stereocenters. The van der Waals surface area contributed by atoms with Crippen LogP contribution in [0.2, 0.25) is 0 Å². The Balaban J connectivity index is 1.25. The Hall–Kier alpha value is -3.77. The molecule has 4 rings (SSSR count). The van der Waals surface area contributed by atoms with Gasteiger partial charge in [0.05, 0.1) is 6.61 Å². The van der Waals surface area contributed by atoms with Crippen LogP contribution < -0.4 is 5.32 Å². The van der Waals surface area contributed by atoms with Crippen molar-refractivity contribution in [2.24, 2.45) is 0 Å². The van der Waals surface area contributed by atoms with Crippen LogP contribution in [0.1, 0.15) is 27.9 Å². The molecule has 0 spiro atoms. The van der Waals surface area contributed by atoms with E-state index in [1.165, 1.54) is 0 Å². The zero-order chi connectivity index (χ0) is 22.2. The Bertz CT molecular complexity index is 1150. The van der Waals surface area contributed by atoms with Gasteiger partial charge < -0.3 is 14.5 Å². The monoisotopic (exact) mass is 427 g/mol. The third kappa shape index (κ3) is 5.47. The highest BCUT2D eigenvalue weighted by molar-refractivity contribution is 5.94. The second-order valence-corrected chi connectivity index (χ2v) is 7.45. The number of amides is 1. The summed E-state index contributed by atoms with van der Waals surface area (Å²) in [5.74, 6) is 0.783. The molecular weight excluding hydrogens is 402 g/mol. The van der Waals surface area contributed by atoms with Crippen molar-refractivity contribution < 1.29 is 13.9 Å². The molecular formula is C26H25N3O3. The number of nitrogens with one attached hydrogen (secondary N) is 1. The number of carbonyl (C=O) groups excluding carboxylic acids is 1. The van der Waals surface area contributed by atoms with Crippen LogP contribution in [0.4, 0.5) is 0 Å². The van der Waals surface area contributed by atoms with Gasteiger partial charge in [-0.2, -0.15) is 0 Å². The highest BCUT2D eigenvalue weighted by Crippen LogP contribution is 2.26. The molecule has 0 saturated heterocycles. The molecule has 162 valence electrons. The summed E-state index contributed by atoms with van der Waals surface area (Å²) < 4.78 is 11.5. The van der Waals surface area contributed by atoms with E-state index in [0.717, 1.165) is 28.7 Å². The molecule has 6 heteroatoms. The lowest BCUT2D eigenvalue weighted by Gasteiger charge is -2.07. The van der Waals surface area contributed by atoms with Crippen LogP contribution in [0.5, 0.6) is 0 Å². The first-order chi connectivity index (χ1) is 15.7. The molecule has 0 aliphatic rings. The first-order valence-corrected chi connectivity index (χ1v) is 10.6. The smallest absolute Gasteiger partial charge is 0.251 e. The van der Waals surface area contributed by atoms with E-state index in [1.54, 1.807) is 12.1 Å². The lowest BCUT2D eigenvalue weighted by atomic mass is 10.1. The number of aromatic nitrogens is 2. The maximum absolute atomic E-state index is 12.4. The van der Waals surface area contributed by atoms with Gasteiger partial charge in [0.15, 0.2) is 0 Å².